The second-order valence-corrected chi connectivity index (χ2v) is 6.24. The Balaban J connectivity index is 2.03. The molecule has 1 N–H and O–H groups in total. The summed E-state index contributed by atoms with van der Waals surface area (Å²) in [5.74, 6) is 0.191. The molecule has 0 atom stereocenters. The molecular weight excluding hydrogens is 286 g/mol. The number of phenolic OH excluding ortho intramolecular Hbond substituents is 1. The van der Waals surface area contributed by atoms with Gasteiger partial charge in [0.25, 0.3) is 5.91 Å². The van der Waals surface area contributed by atoms with E-state index >= 15 is 0 Å². The molecule has 1 aliphatic heterocycles. The van der Waals surface area contributed by atoms with Crippen LogP contribution in [0, 0.1) is 0 Å². The molecule has 0 aliphatic carbocycles. The topological polar surface area (TPSA) is 66.3 Å². The van der Waals surface area contributed by atoms with Crippen LogP contribution in [-0.4, -0.2) is 27.1 Å². The molecule has 6 heteroatoms. The molecule has 0 saturated carbocycles. The molecule has 2 heterocycles. The number of carbonyl (C=O) groups excluding carboxylic acids is 1. The predicted molar refractivity (Wildman–Crippen MR) is 82.1 cm³/mol. The number of nitrogens with zero attached hydrogens (tertiary/aromatic N) is 3. The monoisotopic (exact) mass is 303 g/mol. The quantitative estimate of drug-likeness (QED) is 0.926. The first-order chi connectivity index (χ1) is 10.1. The summed E-state index contributed by atoms with van der Waals surface area (Å²) < 4.78 is 3.92. The van der Waals surface area contributed by atoms with Crippen LogP contribution in [0.5, 0.6) is 5.75 Å². The lowest BCUT2D eigenvalue weighted by Crippen LogP contribution is -2.35. The lowest BCUT2D eigenvalue weighted by molar-refractivity contribution is 0.0986. The van der Waals surface area contributed by atoms with Gasteiger partial charge in [-0.1, -0.05) is 30.5 Å². The van der Waals surface area contributed by atoms with Crippen LogP contribution in [0.4, 0.5) is 5.69 Å². The van der Waals surface area contributed by atoms with Crippen LogP contribution in [0.1, 0.15) is 47.1 Å². The van der Waals surface area contributed by atoms with Gasteiger partial charge < -0.3 is 10.0 Å². The maximum Gasteiger partial charge on any atom is 0.272 e. The molecule has 0 unspecified atom stereocenters. The third-order valence-electron chi connectivity index (χ3n) is 3.70. The minimum atomic E-state index is -0.115. The molecule has 1 aromatic heterocycles. The largest absolute Gasteiger partial charge is 0.506 e. The van der Waals surface area contributed by atoms with Crippen LogP contribution in [-0.2, 0) is 6.42 Å². The van der Waals surface area contributed by atoms with Gasteiger partial charge in [-0.05, 0) is 41.9 Å². The minimum absolute atomic E-state index is 0.115. The highest BCUT2D eigenvalue weighted by Crippen LogP contribution is 2.37. The Labute approximate surface area is 127 Å². The molecule has 3 rings (SSSR count). The van der Waals surface area contributed by atoms with Crippen molar-refractivity contribution >= 4 is 23.1 Å². The van der Waals surface area contributed by atoms with Crippen LogP contribution in [0.15, 0.2) is 18.2 Å². The highest BCUT2D eigenvalue weighted by atomic mass is 32.1. The van der Waals surface area contributed by atoms with Crippen molar-refractivity contribution < 1.29 is 9.90 Å². The van der Waals surface area contributed by atoms with Crippen LogP contribution in [0.3, 0.4) is 0 Å². The van der Waals surface area contributed by atoms with E-state index < -0.39 is 0 Å². The Morgan fingerprint density at radius 2 is 2.24 bits per heavy atom. The summed E-state index contributed by atoms with van der Waals surface area (Å²) in [7, 11) is 0. The SMILES string of the molecule is CC(C)c1nnsc1C(=O)N1CCCc2cccc(O)c21. The van der Waals surface area contributed by atoms with Crippen LogP contribution in [0.2, 0.25) is 0 Å². The summed E-state index contributed by atoms with van der Waals surface area (Å²) in [6, 6.07) is 5.40. The summed E-state index contributed by atoms with van der Waals surface area (Å²) in [6.45, 7) is 4.60. The molecule has 21 heavy (non-hydrogen) atoms. The predicted octanol–water partition coefficient (Wildman–Crippen LogP) is 2.96. The van der Waals surface area contributed by atoms with E-state index in [4.69, 9.17) is 0 Å². The van der Waals surface area contributed by atoms with Crippen molar-refractivity contribution in [1.82, 2.24) is 9.59 Å². The van der Waals surface area contributed by atoms with Gasteiger partial charge in [0.15, 0.2) is 0 Å². The number of para-hydroxylation sites is 1. The number of rotatable bonds is 2. The Morgan fingerprint density at radius 3 is 3.00 bits per heavy atom. The Hall–Kier alpha value is -1.95. The van der Waals surface area contributed by atoms with Crippen LogP contribution >= 0.6 is 11.5 Å². The number of anilines is 1. The van der Waals surface area contributed by atoms with Crippen molar-refractivity contribution in [2.75, 3.05) is 11.4 Å². The summed E-state index contributed by atoms with van der Waals surface area (Å²) in [5, 5.41) is 14.2. The molecule has 110 valence electrons. The summed E-state index contributed by atoms with van der Waals surface area (Å²) in [6.07, 6.45) is 1.77. The highest BCUT2D eigenvalue weighted by Gasteiger charge is 2.29. The summed E-state index contributed by atoms with van der Waals surface area (Å²) in [4.78, 5) is 15.1. The molecule has 0 saturated heterocycles. The zero-order chi connectivity index (χ0) is 15.0. The third-order valence-corrected chi connectivity index (χ3v) is 4.43. The highest BCUT2D eigenvalue weighted by molar-refractivity contribution is 7.08. The summed E-state index contributed by atoms with van der Waals surface area (Å²) in [5.41, 5.74) is 2.38. The average Bonchev–Trinajstić information content (AvgIpc) is 2.96. The number of fused-ring (bicyclic) bond motifs is 1. The van der Waals surface area contributed by atoms with E-state index in [-0.39, 0.29) is 17.6 Å². The minimum Gasteiger partial charge on any atom is -0.506 e. The fourth-order valence-electron chi connectivity index (χ4n) is 2.68. The molecule has 0 fully saturated rings. The number of amides is 1. The van der Waals surface area contributed by atoms with Crippen molar-refractivity contribution in [3.63, 3.8) is 0 Å². The van der Waals surface area contributed by atoms with Gasteiger partial charge in [-0.15, -0.1) is 5.10 Å². The normalized spacial score (nSPS) is 14.3. The number of benzene rings is 1. The Morgan fingerprint density at radius 1 is 1.43 bits per heavy atom. The lowest BCUT2D eigenvalue weighted by Gasteiger charge is -2.29. The van der Waals surface area contributed by atoms with Gasteiger partial charge in [0.1, 0.15) is 10.6 Å². The Kier molecular flexibility index (Phi) is 3.63. The van der Waals surface area contributed by atoms with E-state index in [1.807, 2.05) is 26.0 Å². The van der Waals surface area contributed by atoms with E-state index in [2.05, 4.69) is 9.59 Å². The third kappa shape index (κ3) is 2.40. The zero-order valence-corrected chi connectivity index (χ0v) is 12.9. The fraction of sp³-hybridized carbons (Fsp3) is 0.400. The van der Waals surface area contributed by atoms with Crippen molar-refractivity contribution in [2.45, 2.75) is 32.6 Å². The van der Waals surface area contributed by atoms with Crippen molar-refractivity contribution in [2.24, 2.45) is 0 Å². The number of aromatic nitrogens is 2. The van der Waals surface area contributed by atoms with Crippen LogP contribution < -0.4 is 4.90 Å². The Bertz CT molecular complexity index is 681. The van der Waals surface area contributed by atoms with Gasteiger partial charge >= 0.3 is 0 Å². The lowest BCUT2D eigenvalue weighted by atomic mass is 10.0. The maximum absolute atomic E-state index is 12.8. The first-order valence-corrected chi connectivity index (χ1v) is 7.82. The number of aromatic hydroxyl groups is 1. The number of aryl methyl sites for hydroxylation is 1. The second-order valence-electron chi connectivity index (χ2n) is 5.49. The van der Waals surface area contributed by atoms with E-state index in [1.54, 1.807) is 11.0 Å². The molecule has 0 spiro atoms. The van der Waals surface area contributed by atoms with E-state index in [1.165, 1.54) is 0 Å². The number of hydrogen-bond acceptors (Lipinski definition) is 5. The molecule has 1 aromatic carbocycles. The average molecular weight is 303 g/mol. The number of hydrogen-bond donors (Lipinski definition) is 1. The maximum atomic E-state index is 12.8. The molecule has 1 aliphatic rings. The standard InChI is InChI=1S/C15H17N3O2S/c1-9(2)12-14(21-17-16-12)15(20)18-8-4-6-10-5-3-7-11(19)13(10)18/h3,5,7,9,19H,4,6,8H2,1-2H3. The summed E-state index contributed by atoms with van der Waals surface area (Å²) >= 11 is 1.13. The van der Waals surface area contributed by atoms with Gasteiger partial charge in [0, 0.05) is 6.54 Å². The second kappa shape index (κ2) is 5.44. The molecule has 5 nitrogen and oxygen atoms in total. The van der Waals surface area contributed by atoms with Crippen molar-refractivity contribution in [3.05, 3.63) is 34.3 Å². The van der Waals surface area contributed by atoms with Gasteiger partial charge in [-0.3, -0.25) is 4.79 Å². The van der Waals surface area contributed by atoms with E-state index in [0.717, 1.165) is 35.6 Å². The van der Waals surface area contributed by atoms with Gasteiger partial charge in [0.05, 0.1) is 11.4 Å². The molecule has 2 aromatic rings. The first kappa shape index (κ1) is 14.0. The molecule has 0 radical (unpaired) electrons. The zero-order valence-electron chi connectivity index (χ0n) is 12.0. The van der Waals surface area contributed by atoms with E-state index in [9.17, 15) is 9.90 Å². The molecule has 0 bridgehead atoms. The van der Waals surface area contributed by atoms with Crippen molar-refractivity contribution in [3.8, 4) is 5.75 Å². The van der Waals surface area contributed by atoms with Crippen LogP contribution in [0.25, 0.3) is 0 Å². The van der Waals surface area contributed by atoms with Crippen molar-refractivity contribution in [1.29, 1.82) is 0 Å². The molecule has 1 amide bonds. The van der Waals surface area contributed by atoms with Gasteiger partial charge in [-0.2, -0.15) is 0 Å². The fourth-order valence-corrected chi connectivity index (χ4v) is 3.45. The van der Waals surface area contributed by atoms with E-state index in [0.29, 0.717) is 17.1 Å². The smallest absolute Gasteiger partial charge is 0.272 e. The number of phenols is 1. The van der Waals surface area contributed by atoms with Gasteiger partial charge in [0.2, 0.25) is 0 Å². The number of carbonyl (C=O) groups is 1. The first-order valence-electron chi connectivity index (χ1n) is 7.04. The van der Waals surface area contributed by atoms with Gasteiger partial charge in [-0.25, -0.2) is 0 Å². The molecular formula is C15H17N3O2S.